The predicted molar refractivity (Wildman–Crippen MR) is 102 cm³/mol. The maximum atomic E-state index is 13.3. The Morgan fingerprint density at radius 3 is 2.63 bits per heavy atom. The van der Waals surface area contributed by atoms with Gasteiger partial charge in [0.05, 0.1) is 11.1 Å². The van der Waals surface area contributed by atoms with Crippen LogP contribution in [-0.2, 0) is 6.54 Å². The fourth-order valence-corrected chi connectivity index (χ4v) is 2.73. The van der Waals surface area contributed by atoms with Crippen LogP contribution in [0.1, 0.15) is 36.3 Å². The molecule has 0 radical (unpaired) electrons. The van der Waals surface area contributed by atoms with Gasteiger partial charge in [0.2, 0.25) is 0 Å². The third-order valence-corrected chi connectivity index (χ3v) is 4.09. The first kappa shape index (κ1) is 18.4. The van der Waals surface area contributed by atoms with E-state index in [0.29, 0.717) is 35.0 Å². The molecule has 0 saturated carbocycles. The molecular formula is C20H19FN4O2. The topological polar surface area (TPSA) is 76.3 Å². The Morgan fingerprint density at radius 2 is 1.93 bits per heavy atom. The fraction of sp³-hybridized carbons (Fsp3) is 0.200. The minimum absolute atomic E-state index is 0.120. The zero-order valence-corrected chi connectivity index (χ0v) is 15.1. The number of aryl methyl sites for hydroxylation is 1. The highest BCUT2D eigenvalue weighted by Crippen LogP contribution is 2.13. The predicted octanol–water partition coefficient (Wildman–Crippen LogP) is 3.10. The number of rotatable bonds is 5. The van der Waals surface area contributed by atoms with Gasteiger partial charge < -0.3 is 0 Å². The zero-order valence-electron chi connectivity index (χ0n) is 15.1. The molecule has 0 bridgehead atoms. The van der Waals surface area contributed by atoms with Crippen molar-refractivity contribution < 1.29 is 9.18 Å². The van der Waals surface area contributed by atoms with E-state index in [9.17, 15) is 14.0 Å². The van der Waals surface area contributed by atoms with Gasteiger partial charge in [-0.05, 0) is 31.5 Å². The molecule has 27 heavy (non-hydrogen) atoms. The second kappa shape index (κ2) is 7.90. The molecule has 0 aliphatic rings. The summed E-state index contributed by atoms with van der Waals surface area (Å²) in [6.45, 7) is 4.00. The number of fused-ring (bicyclic) bond motifs is 1. The SMILES string of the molecule is CCCn1nc(C(=O)N/N=C(\C)c2cccc(F)c2)c2ccccc2c1=O. The van der Waals surface area contributed by atoms with Crippen LogP contribution >= 0.6 is 0 Å². The normalized spacial score (nSPS) is 11.6. The molecule has 0 aliphatic carbocycles. The molecule has 6 nitrogen and oxygen atoms in total. The summed E-state index contributed by atoms with van der Waals surface area (Å²) in [6, 6.07) is 12.8. The van der Waals surface area contributed by atoms with Gasteiger partial charge in [-0.3, -0.25) is 9.59 Å². The zero-order chi connectivity index (χ0) is 19.4. The maximum Gasteiger partial charge on any atom is 0.292 e. The first-order valence-corrected chi connectivity index (χ1v) is 8.61. The number of aromatic nitrogens is 2. The van der Waals surface area contributed by atoms with Gasteiger partial charge in [0.1, 0.15) is 5.82 Å². The van der Waals surface area contributed by atoms with Crippen LogP contribution in [0, 0.1) is 5.82 Å². The number of nitrogens with zero attached hydrogens (tertiary/aromatic N) is 3. The number of hydrazone groups is 1. The van der Waals surface area contributed by atoms with E-state index < -0.39 is 5.91 Å². The van der Waals surface area contributed by atoms with Crippen molar-refractivity contribution >= 4 is 22.4 Å². The second-order valence-electron chi connectivity index (χ2n) is 6.07. The van der Waals surface area contributed by atoms with Crippen molar-refractivity contribution in [3.05, 3.63) is 76.0 Å². The smallest absolute Gasteiger partial charge is 0.267 e. The highest BCUT2D eigenvalue weighted by Gasteiger charge is 2.16. The Bertz CT molecular complexity index is 1090. The number of hydrogen-bond acceptors (Lipinski definition) is 4. The number of halogens is 1. The fourth-order valence-electron chi connectivity index (χ4n) is 2.73. The Morgan fingerprint density at radius 1 is 1.19 bits per heavy atom. The van der Waals surface area contributed by atoms with Crippen LogP contribution in [-0.4, -0.2) is 21.4 Å². The summed E-state index contributed by atoms with van der Waals surface area (Å²) in [7, 11) is 0. The summed E-state index contributed by atoms with van der Waals surface area (Å²) in [4.78, 5) is 25.1. The Hall–Kier alpha value is -3.35. The number of amides is 1. The average Bonchev–Trinajstić information content (AvgIpc) is 2.68. The van der Waals surface area contributed by atoms with E-state index in [1.807, 2.05) is 6.92 Å². The molecular weight excluding hydrogens is 347 g/mol. The van der Waals surface area contributed by atoms with E-state index >= 15 is 0 Å². The first-order chi connectivity index (χ1) is 13.0. The van der Waals surface area contributed by atoms with E-state index in [-0.39, 0.29) is 17.1 Å². The lowest BCUT2D eigenvalue weighted by atomic mass is 10.1. The first-order valence-electron chi connectivity index (χ1n) is 8.61. The third-order valence-electron chi connectivity index (χ3n) is 4.09. The van der Waals surface area contributed by atoms with Crippen LogP contribution in [0.15, 0.2) is 58.4 Å². The molecule has 0 unspecified atom stereocenters. The number of benzene rings is 2. The highest BCUT2D eigenvalue weighted by atomic mass is 19.1. The molecule has 0 atom stereocenters. The van der Waals surface area contributed by atoms with E-state index in [1.54, 1.807) is 43.3 Å². The lowest BCUT2D eigenvalue weighted by Crippen LogP contribution is -2.29. The van der Waals surface area contributed by atoms with Crippen molar-refractivity contribution in [1.29, 1.82) is 0 Å². The molecule has 3 rings (SSSR count). The molecule has 0 fully saturated rings. The van der Waals surface area contributed by atoms with Crippen molar-refractivity contribution in [2.24, 2.45) is 5.10 Å². The van der Waals surface area contributed by atoms with Gasteiger partial charge in [0, 0.05) is 17.5 Å². The van der Waals surface area contributed by atoms with Gasteiger partial charge >= 0.3 is 0 Å². The minimum Gasteiger partial charge on any atom is -0.267 e. The van der Waals surface area contributed by atoms with E-state index in [4.69, 9.17) is 0 Å². The molecule has 1 heterocycles. The summed E-state index contributed by atoms with van der Waals surface area (Å²) in [5.41, 5.74) is 3.35. The molecule has 138 valence electrons. The molecule has 0 spiro atoms. The quantitative estimate of drug-likeness (QED) is 0.557. The van der Waals surface area contributed by atoms with Crippen molar-refractivity contribution in [3.8, 4) is 0 Å². The molecule has 0 aliphatic heterocycles. The maximum absolute atomic E-state index is 13.3. The van der Waals surface area contributed by atoms with Crippen LogP contribution in [0.4, 0.5) is 4.39 Å². The number of hydrogen-bond donors (Lipinski definition) is 1. The average molecular weight is 366 g/mol. The molecule has 2 aromatic carbocycles. The van der Waals surface area contributed by atoms with Gasteiger partial charge in [-0.15, -0.1) is 0 Å². The summed E-state index contributed by atoms with van der Waals surface area (Å²) in [5, 5.41) is 9.15. The van der Waals surface area contributed by atoms with Crippen molar-refractivity contribution in [1.82, 2.24) is 15.2 Å². The van der Waals surface area contributed by atoms with Crippen molar-refractivity contribution in [2.45, 2.75) is 26.8 Å². The summed E-state index contributed by atoms with van der Waals surface area (Å²) in [5.74, 6) is -0.917. The van der Waals surface area contributed by atoms with Crippen molar-refractivity contribution in [3.63, 3.8) is 0 Å². The standard InChI is InChI=1S/C20H19FN4O2/c1-3-11-25-20(27)17-10-5-4-9-16(17)18(24-25)19(26)23-22-13(2)14-7-6-8-15(21)12-14/h4-10,12H,3,11H2,1-2H3,(H,23,26)/b22-13+. The van der Waals surface area contributed by atoms with Crippen LogP contribution in [0.5, 0.6) is 0 Å². The van der Waals surface area contributed by atoms with Crippen molar-refractivity contribution in [2.75, 3.05) is 0 Å². The van der Waals surface area contributed by atoms with Gasteiger partial charge in [-0.2, -0.15) is 10.2 Å². The second-order valence-corrected chi connectivity index (χ2v) is 6.07. The van der Waals surface area contributed by atoms with Gasteiger partial charge in [0.15, 0.2) is 5.69 Å². The summed E-state index contributed by atoms with van der Waals surface area (Å²) >= 11 is 0. The molecule has 1 aromatic heterocycles. The lowest BCUT2D eigenvalue weighted by Gasteiger charge is -2.09. The number of nitrogens with one attached hydrogen (secondary N) is 1. The largest absolute Gasteiger partial charge is 0.292 e. The van der Waals surface area contributed by atoms with Crippen LogP contribution in [0.25, 0.3) is 10.8 Å². The van der Waals surface area contributed by atoms with Gasteiger partial charge in [-0.25, -0.2) is 14.5 Å². The third kappa shape index (κ3) is 3.92. The lowest BCUT2D eigenvalue weighted by molar-refractivity contribution is 0.0949. The minimum atomic E-state index is -0.535. The Labute approximate surface area is 155 Å². The van der Waals surface area contributed by atoms with Crippen LogP contribution in [0.2, 0.25) is 0 Å². The number of carbonyl (C=O) groups excluding carboxylic acids is 1. The highest BCUT2D eigenvalue weighted by molar-refractivity contribution is 6.06. The Balaban J connectivity index is 1.97. The van der Waals surface area contributed by atoms with Gasteiger partial charge in [-0.1, -0.05) is 37.3 Å². The van der Waals surface area contributed by atoms with Gasteiger partial charge in [0.25, 0.3) is 11.5 Å². The molecule has 1 N–H and O–H groups in total. The summed E-state index contributed by atoms with van der Waals surface area (Å²) < 4.78 is 14.6. The summed E-state index contributed by atoms with van der Waals surface area (Å²) in [6.07, 6.45) is 0.711. The molecule has 7 heteroatoms. The molecule has 1 amide bonds. The molecule has 0 saturated heterocycles. The van der Waals surface area contributed by atoms with E-state index in [1.165, 1.54) is 16.8 Å². The monoisotopic (exact) mass is 366 g/mol. The van der Waals surface area contributed by atoms with E-state index in [0.717, 1.165) is 0 Å². The Kier molecular flexibility index (Phi) is 5.40. The van der Waals surface area contributed by atoms with Crippen LogP contribution < -0.4 is 11.0 Å². The molecule has 3 aromatic rings. The van der Waals surface area contributed by atoms with E-state index in [2.05, 4.69) is 15.6 Å². The van der Waals surface area contributed by atoms with Crippen LogP contribution in [0.3, 0.4) is 0 Å². The number of carbonyl (C=O) groups is 1.